The van der Waals surface area contributed by atoms with Crippen LogP contribution in [0.3, 0.4) is 0 Å². The average Bonchev–Trinajstić information content (AvgIpc) is 2.60. The Morgan fingerprint density at radius 3 is 2.75 bits per heavy atom. The van der Waals surface area contributed by atoms with E-state index in [2.05, 4.69) is 5.10 Å². The van der Waals surface area contributed by atoms with Crippen LogP contribution in [0.25, 0.3) is 0 Å². The lowest BCUT2D eigenvalue weighted by atomic mass is 10.3. The van der Waals surface area contributed by atoms with Crippen molar-refractivity contribution in [3.63, 3.8) is 0 Å². The minimum atomic E-state index is -1.14. The quantitative estimate of drug-likeness (QED) is 0.730. The molecule has 1 aromatic heterocycles. The maximum atomic E-state index is 11.4. The molecule has 0 saturated carbocycles. The van der Waals surface area contributed by atoms with E-state index in [1.54, 1.807) is 31.2 Å². The molecule has 1 heterocycles. The van der Waals surface area contributed by atoms with Crippen LogP contribution in [0.15, 0.2) is 24.5 Å². The molecule has 0 aliphatic heterocycles. The van der Waals surface area contributed by atoms with Crippen LogP contribution in [-0.2, 0) is 23.2 Å². The van der Waals surface area contributed by atoms with Gasteiger partial charge in [0.05, 0.1) is 6.20 Å². The second-order valence-electron chi connectivity index (χ2n) is 3.39. The predicted octanol–water partition coefficient (Wildman–Crippen LogP) is 0.0193. The summed E-state index contributed by atoms with van der Waals surface area (Å²) in [6, 6.07) is 0. The van der Waals surface area contributed by atoms with Crippen molar-refractivity contribution in [1.82, 2.24) is 14.7 Å². The molecule has 1 amide bonds. The van der Waals surface area contributed by atoms with Crippen LogP contribution in [0, 0.1) is 0 Å². The molecule has 86 valence electrons. The Balaban J connectivity index is 2.55. The molecule has 16 heavy (non-hydrogen) atoms. The summed E-state index contributed by atoms with van der Waals surface area (Å²) in [4.78, 5) is 23.0. The van der Waals surface area contributed by atoms with E-state index < -0.39 is 5.97 Å². The molecule has 0 saturated heterocycles. The number of carboxylic acid groups (broad SMARTS) is 1. The predicted molar refractivity (Wildman–Crippen MR) is 56.5 cm³/mol. The van der Waals surface area contributed by atoms with Gasteiger partial charge in [-0.2, -0.15) is 5.10 Å². The molecule has 6 heteroatoms. The lowest BCUT2D eigenvalue weighted by Gasteiger charge is -2.13. The van der Waals surface area contributed by atoms with E-state index in [-0.39, 0.29) is 5.91 Å². The van der Waals surface area contributed by atoms with Gasteiger partial charge < -0.3 is 10.0 Å². The number of amides is 1. The van der Waals surface area contributed by atoms with Gasteiger partial charge in [-0.15, -0.1) is 0 Å². The zero-order chi connectivity index (χ0) is 12.1. The molecule has 0 atom stereocenters. The molecule has 1 aromatic rings. The van der Waals surface area contributed by atoms with E-state index in [4.69, 9.17) is 5.11 Å². The Bertz CT molecular complexity index is 423. The van der Waals surface area contributed by atoms with Crippen LogP contribution in [0.1, 0.15) is 5.56 Å². The highest BCUT2D eigenvalue weighted by Gasteiger charge is 2.07. The molecule has 0 fully saturated rings. The number of aryl methyl sites for hydroxylation is 1. The van der Waals surface area contributed by atoms with Crippen molar-refractivity contribution in [1.29, 1.82) is 0 Å². The van der Waals surface area contributed by atoms with Gasteiger partial charge in [0.25, 0.3) is 0 Å². The summed E-state index contributed by atoms with van der Waals surface area (Å²) in [6.07, 6.45) is 5.30. The van der Waals surface area contributed by atoms with Gasteiger partial charge in [0.15, 0.2) is 0 Å². The third kappa shape index (κ3) is 3.56. The van der Waals surface area contributed by atoms with Crippen LogP contribution in [0.2, 0.25) is 0 Å². The first-order valence-corrected chi connectivity index (χ1v) is 4.62. The third-order valence-electron chi connectivity index (χ3n) is 1.92. The van der Waals surface area contributed by atoms with Crippen LogP contribution in [0.4, 0.5) is 0 Å². The zero-order valence-electron chi connectivity index (χ0n) is 9.12. The van der Waals surface area contributed by atoms with Gasteiger partial charge in [-0.1, -0.05) is 0 Å². The number of hydrogen-bond acceptors (Lipinski definition) is 3. The molecule has 1 N–H and O–H groups in total. The molecule has 6 nitrogen and oxygen atoms in total. The Morgan fingerprint density at radius 2 is 2.25 bits per heavy atom. The maximum Gasteiger partial charge on any atom is 0.328 e. The Labute approximate surface area is 92.8 Å². The zero-order valence-corrected chi connectivity index (χ0v) is 9.12. The van der Waals surface area contributed by atoms with E-state index in [1.807, 2.05) is 0 Å². The van der Waals surface area contributed by atoms with Gasteiger partial charge in [0.2, 0.25) is 5.91 Å². The largest absolute Gasteiger partial charge is 0.478 e. The first kappa shape index (κ1) is 12.0. The molecule has 0 aromatic carbocycles. The minimum absolute atomic E-state index is 0.355. The van der Waals surface area contributed by atoms with Gasteiger partial charge in [-0.3, -0.25) is 9.48 Å². The number of likely N-dealkylation sites (N-methyl/N-ethyl adjacent to an activating group) is 1. The maximum absolute atomic E-state index is 11.4. The smallest absolute Gasteiger partial charge is 0.328 e. The highest BCUT2D eigenvalue weighted by atomic mass is 16.4. The Morgan fingerprint density at radius 1 is 1.56 bits per heavy atom. The average molecular weight is 223 g/mol. The lowest BCUT2D eigenvalue weighted by molar-refractivity contribution is -0.132. The number of carboxylic acids is 1. The number of aliphatic carboxylic acids is 1. The molecule has 0 spiro atoms. The fourth-order valence-corrected chi connectivity index (χ4v) is 1.18. The van der Waals surface area contributed by atoms with Crippen LogP contribution < -0.4 is 0 Å². The van der Waals surface area contributed by atoms with E-state index >= 15 is 0 Å². The van der Waals surface area contributed by atoms with Gasteiger partial charge in [0, 0.05) is 44.6 Å². The van der Waals surface area contributed by atoms with E-state index in [0.717, 1.165) is 17.7 Å². The molecular weight excluding hydrogens is 210 g/mol. The molecular formula is C10H13N3O3. The van der Waals surface area contributed by atoms with Crippen molar-refractivity contribution >= 4 is 11.9 Å². The van der Waals surface area contributed by atoms with Crippen molar-refractivity contribution in [2.45, 2.75) is 6.54 Å². The summed E-state index contributed by atoms with van der Waals surface area (Å²) in [5.41, 5.74) is 0.891. The van der Waals surface area contributed by atoms with E-state index in [9.17, 15) is 9.59 Å². The third-order valence-corrected chi connectivity index (χ3v) is 1.92. The lowest BCUT2D eigenvalue weighted by Crippen LogP contribution is -2.24. The van der Waals surface area contributed by atoms with Crippen molar-refractivity contribution < 1.29 is 14.7 Å². The highest BCUT2D eigenvalue weighted by Crippen LogP contribution is 2.01. The van der Waals surface area contributed by atoms with Gasteiger partial charge in [0.1, 0.15) is 0 Å². The molecule has 0 bridgehead atoms. The van der Waals surface area contributed by atoms with Gasteiger partial charge >= 0.3 is 5.97 Å². The number of aromatic nitrogens is 2. The van der Waals surface area contributed by atoms with Crippen molar-refractivity contribution in [3.05, 3.63) is 30.1 Å². The summed E-state index contributed by atoms with van der Waals surface area (Å²) >= 11 is 0. The summed E-state index contributed by atoms with van der Waals surface area (Å²) in [5.74, 6) is -1.49. The Hall–Kier alpha value is -2.11. The van der Waals surface area contributed by atoms with Gasteiger partial charge in [-0.05, 0) is 0 Å². The molecule has 0 unspecified atom stereocenters. The van der Waals surface area contributed by atoms with E-state index in [0.29, 0.717) is 6.54 Å². The van der Waals surface area contributed by atoms with Crippen LogP contribution >= 0.6 is 0 Å². The first-order chi connectivity index (χ1) is 7.49. The second kappa shape index (κ2) is 5.11. The Kier molecular flexibility index (Phi) is 3.82. The monoisotopic (exact) mass is 223 g/mol. The number of rotatable bonds is 4. The summed E-state index contributed by atoms with van der Waals surface area (Å²) in [5, 5.41) is 12.3. The minimum Gasteiger partial charge on any atom is -0.478 e. The van der Waals surface area contributed by atoms with Crippen molar-refractivity contribution in [2.75, 3.05) is 7.05 Å². The number of nitrogens with zero attached hydrogens (tertiary/aromatic N) is 3. The van der Waals surface area contributed by atoms with E-state index in [1.165, 1.54) is 4.90 Å². The summed E-state index contributed by atoms with van der Waals surface area (Å²) in [7, 11) is 3.39. The normalized spacial score (nSPS) is 10.6. The SMILES string of the molecule is CN(Cc1cnn(C)c1)C(=O)/C=C/C(=O)O. The van der Waals surface area contributed by atoms with Gasteiger partial charge in [-0.25, -0.2) is 4.79 Å². The molecule has 0 aliphatic rings. The standard InChI is InChI=1S/C10H13N3O3/c1-12(9(14)3-4-10(15)16)6-8-5-11-13(2)7-8/h3-5,7H,6H2,1-2H3,(H,15,16)/b4-3+. The second-order valence-corrected chi connectivity index (χ2v) is 3.39. The van der Waals surface area contributed by atoms with Crippen molar-refractivity contribution in [3.8, 4) is 0 Å². The van der Waals surface area contributed by atoms with Crippen LogP contribution in [0.5, 0.6) is 0 Å². The topological polar surface area (TPSA) is 75.4 Å². The number of carbonyl (C=O) groups is 2. The number of carbonyl (C=O) groups excluding carboxylic acids is 1. The fraction of sp³-hybridized carbons (Fsp3) is 0.300. The molecule has 1 rings (SSSR count). The molecule has 0 radical (unpaired) electrons. The fourth-order valence-electron chi connectivity index (χ4n) is 1.18. The molecule has 0 aliphatic carbocycles. The highest BCUT2D eigenvalue weighted by molar-refractivity contribution is 5.93. The summed E-state index contributed by atoms with van der Waals surface area (Å²) in [6.45, 7) is 0.399. The number of hydrogen-bond donors (Lipinski definition) is 1. The first-order valence-electron chi connectivity index (χ1n) is 4.62. The van der Waals surface area contributed by atoms with Crippen LogP contribution in [-0.4, -0.2) is 38.7 Å². The van der Waals surface area contributed by atoms with Crippen molar-refractivity contribution in [2.24, 2.45) is 7.05 Å². The summed E-state index contributed by atoms with van der Waals surface area (Å²) < 4.78 is 1.64.